The van der Waals surface area contributed by atoms with Crippen LogP contribution in [0, 0.1) is 0 Å². The molecule has 2 aliphatic rings. The van der Waals surface area contributed by atoms with Crippen molar-refractivity contribution < 1.29 is 28.6 Å². The molecule has 2 aliphatic heterocycles. The second kappa shape index (κ2) is 7.52. The van der Waals surface area contributed by atoms with Gasteiger partial charge in [0.25, 0.3) is 11.8 Å². The van der Waals surface area contributed by atoms with Gasteiger partial charge in [0.1, 0.15) is 19.8 Å². The molecule has 0 bridgehead atoms. The minimum absolute atomic E-state index is 0.00267. The number of hydrogen-bond acceptors (Lipinski definition) is 6. The predicted molar refractivity (Wildman–Crippen MR) is 98.7 cm³/mol. The molecular formula is C20H16ClNO6. The number of hydrogen-bond donors (Lipinski definition) is 0. The number of ether oxygens (including phenoxy) is 3. The Kier molecular flexibility index (Phi) is 4.92. The second-order valence-electron chi connectivity index (χ2n) is 6.32. The zero-order valence-corrected chi connectivity index (χ0v) is 15.5. The van der Waals surface area contributed by atoms with Gasteiger partial charge in [0.2, 0.25) is 0 Å². The van der Waals surface area contributed by atoms with E-state index in [0.29, 0.717) is 46.4 Å². The summed E-state index contributed by atoms with van der Waals surface area (Å²) in [6.07, 6.45) is -0.0935. The van der Waals surface area contributed by atoms with E-state index in [1.165, 1.54) is 0 Å². The molecule has 0 aromatic heterocycles. The van der Waals surface area contributed by atoms with E-state index in [0.717, 1.165) is 4.90 Å². The molecule has 0 N–H and O–H groups in total. The van der Waals surface area contributed by atoms with Gasteiger partial charge in [-0.1, -0.05) is 23.7 Å². The molecule has 0 unspecified atom stereocenters. The molecule has 0 atom stereocenters. The van der Waals surface area contributed by atoms with Crippen LogP contribution in [0.3, 0.4) is 0 Å². The van der Waals surface area contributed by atoms with Crippen LogP contribution < -0.4 is 9.47 Å². The Morgan fingerprint density at radius 1 is 1.07 bits per heavy atom. The molecule has 0 spiro atoms. The topological polar surface area (TPSA) is 82.1 Å². The molecule has 4 rings (SSSR count). The summed E-state index contributed by atoms with van der Waals surface area (Å²) in [6, 6.07) is 9.93. The van der Waals surface area contributed by atoms with Gasteiger partial charge in [0.15, 0.2) is 11.5 Å². The first-order chi connectivity index (χ1) is 13.5. The SMILES string of the molecule is O=C(CCN1C(=O)c2ccccc2C1=O)OCc1cc(Cl)c2c(c1)OCCO2. The van der Waals surface area contributed by atoms with Crippen molar-refractivity contribution in [3.8, 4) is 11.5 Å². The van der Waals surface area contributed by atoms with Crippen molar-refractivity contribution in [2.75, 3.05) is 19.8 Å². The van der Waals surface area contributed by atoms with Gasteiger partial charge in [-0.3, -0.25) is 19.3 Å². The summed E-state index contributed by atoms with van der Waals surface area (Å²) in [5.41, 5.74) is 1.36. The molecule has 0 fully saturated rings. The van der Waals surface area contributed by atoms with Crippen LogP contribution in [-0.4, -0.2) is 42.4 Å². The first kappa shape index (κ1) is 18.3. The van der Waals surface area contributed by atoms with E-state index in [2.05, 4.69) is 0 Å². The molecule has 28 heavy (non-hydrogen) atoms. The summed E-state index contributed by atoms with van der Waals surface area (Å²) in [7, 11) is 0. The summed E-state index contributed by atoms with van der Waals surface area (Å²) in [6.45, 7) is 0.816. The Morgan fingerprint density at radius 3 is 2.46 bits per heavy atom. The fourth-order valence-corrected chi connectivity index (χ4v) is 3.42. The van der Waals surface area contributed by atoms with Gasteiger partial charge in [-0.15, -0.1) is 0 Å². The number of benzene rings is 2. The zero-order chi connectivity index (χ0) is 19.7. The smallest absolute Gasteiger partial charge is 0.307 e. The molecule has 2 aromatic carbocycles. The minimum Gasteiger partial charge on any atom is -0.486 e. The van der Waals surface area contributed by atoms with Crippen molar-refractivity contribution >= 4 is 29.4 Å². The summed E-state index contributed by atoms with van der Waals surface area (Å²) in [5.74, 6) is -0.328. The van der Waals surface area contributed by atoms with E-state index in [4.69, 9.17) is 25.8 Å². The van der Waals surface area contributed by atoms with Crippen LogP contribution in [0.25, 0.3) is 0 Å². The lowest BCUT2D eigenvalue weighted by Crippen LogP contribution is -2.32. The first-order valence-electron chi connectivity index (χ1n) is 8.73. The van der Waals surface area contributed by atoms with Crippen molar-refractivity contribution in [3.05, 3.63) is 58.1 Å². The molecule has 0 saturated heterocycles. The van der Waals surface area contributed by atoms with Crippen LogP contribution in [0.5, 0.6) is 11.5 Å². The Labute approximate surface area is 165 Å². The molecular weight excluding hydrogens is 386 g/mol. The Hall–Kier alpha value is -3.06. The Balaban J connectivity index is 1.33. The Bertz CT molecular complexity index is 938. The molecule has 7 nitrogen and oxygen atoms in total. The molecule has 0 radical (unpaired) electrons. The maximum Gasteiger partial charge on any atom is 0.307 e. The van der Waals surface area contributed by atoms with Crippen molar-refractivity contribution in [2.24, 2.45) is 0 Å². The monoisotopic (exact) mass is 401 g/mol. The number of nitrogens with zero attached hydrogens (tertiary/aromatic N) is 1. The van der Waals surface area contributed by atoms with E-state index in [1.54, 1.807) is 36.4 Å². The quantitative estimate of drug-likeness (QED) is 0.566. The molecule has 0 aliphatic carbocycles. The molecule has 144 valence electrons. The third-order valence-electron chi connectivity index (χ3n) is 4.47. The lowest BCUT2D eigenvalue weighted by Gasteiger charge is -2.20. The van der Waals surface area contributed by atoms with Gasteiger partial charge in [-0.2, -0.15) is 0 Å². The fraction of sp³-hybridized carbons (Fsp3) is 0.250. The molecule has 0 saturated carbocycles. The van der Waals surface area contributed by atoms with Gasteiger partial charge < -0.3 is 14.2 Å². The molecule has 2 aromatic rings. The van der Waals surface area contributed by atoms with Crippen molar-refractivity contribution in [2.45, 2.75) is 13.0 Å². The van der Waals surface area contributed by atoms with Crippen LogP contribution in [0.1, 0.15) is 32.7 Å². The highest BCUT2D eigenvalue weighted by molar-refractivity contribution is 6.32. The molecule has 8 heteroatoms. The van der Waals surface area contributed by atoms with Gasteiger partial charge in [-0.25, -0.2) is 0 Å². The van der Waals surface area contributed by atoms with E-state index < -0.39 is 17.8 Å². The lowest BCUT2D eigenvalue weighted by atomic mass is 10.1. The van der Waals surface area contributed by atoms with Gasteiger partial charge >= 0.3 is 5.97 Å². The average molecular weight is 402 g/mol. The van der Waals surface area contributed by atoms with Gasteiger partial charge in [-0.05, 0) is 29.8 Å². The highest BCUT2D eigenvalue weighted by Gasteiger charge is 2.35. The highest BCUT2D eigenvalue weighted by atomic mass is 35.5. The number of fused-ring (bicyclic) bond motifs is 2. The van der Waals surface area contributed by atoms with E-state index in [9.17, 15) is 14.4 Å². The van der Waals surface area contributed by atoms with Crippen LogP contribution in [0.2, 0.25) is 5.02 Å². The van der Waals surface area contributed by atoms with Crippen molar-refractivity contribution in [1.82, 2.24) is 4.90 Å². The number of rotatable bonds is 5. The normalized spacial score (nSPS) is 14.8. The standard InChI is InChI=1S/C20H16ClNO6/c21-15-9-12(10-16-18(15)27-8-7-26-16)11-28-17(23)5-6-22-19(24)13-3-1-2-4-14(13)20(22)25/h1-4,9-10H,5-8,11H2. The third-order valence-corrected chi connectivity index (χ3v) is 4.75. The number of halogens is 1. The van der Waals surface area contributed by atoms with Crippen LogP contribution in [-0.2, 0) is 16.1 Å². The van der Waals surface area contributed by atoms with E-state index in [-0.39, 0.29) is 19.6 Å². The minimum atomic E-state index is -0.525. The lowest BCUT2D eigenvalue weighted by molar-refractivity contribution is -0.145. The van der Waals surface area contributed by atoms with E-state index in [1.807, 2.05) is 0 Å². The summed E-state index contributed by atoms with van der Waals surface area (Å²) >= 11 is 6.16. The number of imide groups is 1. The third kappa shape index (κ3) is 3.41. The highest BCUT2D eigenvalue weighted by Crippen LogP contribution is 2.38. The molecule has 2 heterocycles. The number of carbonyl (C=O) groups is 3. The number of esters is 1. The average Bonchev–Trinajstić information content (AvgIpc) is 2.95. The van der Waals surface area contributed by atoms with Crippen molar-refractivity contribution in [3.63, 3.8) is 0 Å². The van der Waals surface area contributed by atoms with Crippen molar-refractivity contribution in [1.29, 1.82) is 0 Å². The second-order valence-corrected chi connectivity index (χ2v) is 6.73. The van der Waals surface area contributed by atoms with Crippen LogP contribution in [0.4, 0.5) is 0 Å². The van der Waals surface area contributed by atoms with Crippen LogP contribution in [0.15, 0.2) is 36.4 Å². The van der Waals surface area contributed by atoms with E-state index >= 15 is 0 Å². The number of amides is 2. The van der Waals surface area contributed by atoms with Crippen LogP contribution >= 0.6 is 11.6 Å². The number of carbonyl (C=O) groups excluding carboxylic acids is 3. The summed E-state index contributed by atoms with van der Waals surface area (Å²) < 4.78 is 16.2. The zero-order valence-electron chi connectivity index (χ0n) is 14.8. The maximum absolute atomic E-state index is 12.3. The Morgan fingerprint density at radius 2 is 1.75 bits per heavy atom. The first-order valence-corrected chi connectivity index (χ1v) is 9.11. The maximum atomic E-state index is 12.3. The van der Waals surface area contributed by atoms with Gasteiger partial charge in [0.05, 0.1) is 22.6 Å². The largest absolute Gasteiger partial charge is 0.486 e. The summed E-state index contributed by atoms with van der Waals surface area (Å²) in [5, 5.41) is 0.384. The fourth-order valence-electron chi connectivity index (χ4n) is 3.13. The predicted octanol–water partition coefficient (Wildman–Crippen LogP) is 2.84. The van der Waals surface area contributed by atoms with Gasteiger partial charge in [0, 0.05) is 6.54 Å². The summed E-state index contributed by atoms with van der Waals surface area (Å²) in [4.78, 5) is 37.7. The molecule has 2 amide bonds.